The van der Waals surface area contributed by atoms with Crippen LogP contribution in [0.25, 0.3) is 0 Å². The highest BCUT2D eigenvalue weighted by Gasteiger charge is 2.15. The molecule has 34 heavy (non-hydrogen) atoms. The van der Waals surface area contributed by atoms with E-state index in [1.807, 2.05) is 6.92 Å². The molecule has 3 aromatic rings. The predicted octanol–water partition coefficient (Wildman–Crippen LogP) is 4.88. The Hall–Kier alpha value is -1.79. The molecular formula is C21H25Cl2N5O3S3. The summed E-state index contributed by atoms with van der Waals surface area (Å²) in [5.41, 5.74) is 2.07. The summed E-state index contributed by atoms with van der Waals surface area (Å²) in [6.07, 6.45) is 5.60. The first-order chi connectivity index (χ1) is 16.3. The van der Waals surface area contributed by atoms with Gasteiger partial charge in [-0.1, -0.05) is 35.0 Å². The second kappa shape index (κ2) is 13.3. The average Bonchev–Trinajstić information content (AvgIpc) is 3.46. The molecule has 0 aliphatic heterocycles. The van der Waals surface area contributed by atoms with Crippen LogP contribution in [0.2, 0.25) is 10.0 Å². The fourth-order valence-electron chi connectivity index (χ4n) is 2.72. The number of halogens is 2. The highest BCUT2D eigenvalue weighted by molar-refractivity contribution is 7.99. The molecule has 3 rings (SSSR count). The van der Waals surface area contributed by atoms with Gasteiger partial charge in [0.2, 0.25) is 9.84 Å². The summed E-state index contributed by atoms with van der Waals surface area (Å²) in [4.78, 5) is 11.5. The number of nitrogens with zero attached hydrogens (tertiary/aromatic N) is 2. The zero-order chi connectivity index (χ0) is 24.4. The van der Waals surface area contributed by atoms with Gasteiger partial charge in [0.1, 0.15) is 12.1 Å². The van der Waals surface area contributed by atoms with Gasteiger partial charge in [-0.3, -0.25) is 0 Å². The third-order valence-corrected chi connectivity index (χ3v) is 8.61. The maximum atomic E-state index is 12.9. The number of nitrogens with one attached hydrogen (secondary N) is 3. The van der Waals surface area contributed by atoms with E-state index < -0.39 is 9.84 Å². The molecule has 0 bridgehead atoms. The molecule has 2 aromatic heterocycles. The van der Waals surface area contributed by atoms with E-state index in [9.17, 15) is 8.42 Å². The van der Waals surface area contributed by atoms with Gasteiger partial charge in [0.25, 0.3) is 5.22 Å². The van der Waals surface area contributed by atoms with Crippen molar-refractivity contribution in [2.75, 3.05) is 24.6 Å². The summed E-state index contributed by atoms with van der Waals surface area (Å²) < 4.78 is 31.1. The lowest BCUT2D eigenvalue weighted by Gasteiger charge is -2.14. The Labute approximate surface area is 217 Å². The average molecular weight is 563 g/mol. The minimum atomic E-state index is -3.74. The van der Waals surface area contributed by atoms with Crippen LogP contribution < -0.4 is 10.6 Å². The van der Waals surface area contributed by atoms with Crippen molar-refractivity contribution < 1.29 is 12.8 Å². The number of imidazole rings is 1. The fourth-order valence-corrected chi connectivity index (χ4v) is 5.83. The Balaban J connectivity index is 1.57. The van der Waals surface area contributed by atoms with Crippen LogP contribution in [-0.2, 0) is 15.6 Å². The Morgan fingerprint density at radius 1 is 1.18 bits per heavy atom. The van der Waals surface area contributed by atoms with Crippen LogP contribution in [0.15, 0.2) is 62.8 Å². The van der Waals surface area contributed by atoms with Gasteiger partial charge < -0.3 is 20.0 Å². The van der Waals surface area contributed by atoms with Crippen molar-refractivity contribution >= 4 is 56.6 Å². The van der Waals surface area contributed by atoms with Gasteiger partial charge in [-0.05, 0) is 31.5 Å². The lowest BCUT2D eigenvalue weighted by Crippen LogP contribution is -2.30. The number of aryl methyl sites for hydroxylation is 1. The van der Waals surface area contributed by atoms with Crippen LogP contribution in [0.1, 0.15) is 17.8 Å². The third-order valence-electron chi connectivity index (χ3n) is 4.50. The third kappa shape index (κ3) is 8.46. The summed E-state index contributed by atoms with van der Waals surface area (Å²) in [5, 5.41) is 8.67. The van der Waals surface area contributed by atoms with E-state index in [2.05, 4.69) is 25.6 Å². The molecule has 0 saturated carbocycles. The van der Waals surface area contributed by atoms with Gasteiger partial charge in [-0.15, -0.1) is 0 Å². The highest BCUT2D eigenvalue weighted by Crippen LogP contribution is 2.26. The van der Waals surface area contributed by atoms with Crippen LogP contribution in [0.5, 0.6) is 0 Å². The van der Waals surface area contributed by atoms with E-state index in [1.54, 1.807) is 24.3 Å². The molecule has 0 aliphatic carbocycles. The Kier molecular flexibility index (Phi) is 10.5. The first-order valence-electron chi connectivity index (χ1n) is 10.3. The van der Waals surface area contributed by atoms with E-state index in [0.717, 1.165) is 35.1 Å². The second-order valence-corrected chi connectivity index (χ2v) is 11.8. The van der Waals surface area contributed by atoms with E-state index in [0.29, 0.717) is 29.2 Å². The first-order valence-corrected chi connectivity index (χ1v) is 14.8. The molecule has 0 saturated heterocycles. The van der Waals surface area contributed by atoms with E-state index >= 15 is 0 Å². The number of benzene rings is 1. The molecule has 0 fully saturated rings. The summed E-state index contributed by atoms with van der Waals surface area (Å²) in [6, 6.07) is 4.26. The van der Waals surface area contributed by atoms with Crippen molar-refractivity contribution in [1.29, 1.82) is 0 Å². The number of aromatic nitrogens is 3. The number of sulfone groups is 1. The summed E-state index contributed by atoms with van der Waals surface area (Å²) in [7, 11) is -3.74. The molecule has 0 unspecified atom stereocenters. The minimum Gasteiger partial charge on any atom is -0.440 e. The summed E-state index contributed by atoms with van der Waals surface area (Å²) >= 11 is 15.2. The number of thioether (sulfide) groups is 2. The predicted molar refractivity (Wildman–Crippen MR) is 139 cm³/mol. The van der Waals surface area contributed by atoms with Crippen LogP contribution in [0, 0.1) is 6.92 Å². The SMILES string of the molecule is Cc1[nH]cnc1CSCCNC(=CS(=O)(=O)c1ccc(Cl)c(Cl)c1)NCCCSc1ncco1. The standard InChI is InChI=1S/C21H25Cl2N5O3S3/c1-15-19(28-14-27-15)12-32-10-7-25-20(24-5-2-9-33-21-26-6-8-31-21)13-34(29,30)16-3-4-17(22)18(23)11-16/h3-4,6,8,11,13-14,24-25H,2,5,7,9-10,12H2,1H3,(H,27,28). The monoisotopic (exact) mass is 561 g/mol. The topological polar surface area (TPSA) is 113 Å². The quantitative estimate of drug-likeness (QED) is 0.187. The molecule has 3 N–H and O–H groups in total. The van der Waals surface area contributed by atoms with E-state index in [4.69, 9.17) is 27.6 Å². The number of rotatable bonds is 14. The second-order valence-electron chi connectivity index (χ2n) is 7.03. The Morgan fingerprint density at radius 3 is 2.71 bits per heavy atom. The minimum absolute atomic E-state index is 0.0748. The summed E-state index contributed by atoms with van der Waals surface area (Å²) in [6.45, 7) is 3.14. The van der Waals surface area contributed by atoms with Crippen molar-refractivity contribution in [3.63, 3.8) is 0 Å². The smallest absolute Gasteiger partial charge is 0.255 e. The van der Waals surface area contributed by atoms with E-state index in [-0.39, 0.29) is 9.92 Å². The lowest BCUT2D eigenvalue weighted by atomic mass is 10.4. The van der Waals surface area contributed by atoms with Crippen LogP contribution in [0.4, 0.5) is 0 Å². The number of aromatic amines is 1. The highest BCUT2D eigenvalue weighted by atomic mass is 35.5. The van der Waals surface area contributed by atoms with Gasteiger partial charge in [-0.2, -0.15) is 11.8 Å². The van der Waals surface area contributed by atoms with Gasteiger partial charge in [0, 0.05) is 36.0 Å². The molecule has 0 radical (unpaired) electrons. The van der Waals surface area contributed by atoms with Gasteiger partial charge in [-0.25, -0.2) is 18.4 Å². The molecule has 0 amide bonds. The molecule has 0 aliphatic rings. The van der Waals surface area contributed by atoms with Crippen LogP contribution in [0.3, 0.4) is 0 Å². The van der Waals surface area contributed by atoms with Crippen molar-refractivity contribution in [2.45, 2.75) is 29.2 Å². The van der Waals surface area contributed by atoms with Gasteiger partial charge >= 0.3 is 0 Å². The molecule has 1 aromatic carbocycles. The number of oxazole rings is 1. The number of hydrogen-bond donors (Lipinski definition) is 3. The van der Waals surface area contributed by atoms with Crippen molar-refractivity contribution in [3.05, 3.63) is 69.6 Å². The molecule has 0 atom stereocenters. The molecular weight excluding hydrogens is 537 g/mol. The van der Waals surface area contributed by atoms with Crippen LogP contribution in [-0.4, -0.2) is 48.0 Å². The van der Waals surface area contributed by atoms with Gasteiger partial charge in [0.05, 0.1) is 38.6 Å². The maximum absolute atomic E-state index is 12.9. The number of hydrogen-bond acceptors (Lipinski definition) is 9. The normalized spacial score (nSPS) is 12.1. The van der Waals surface area contributed by atoms with Gasteiger partial charge in [0.15, 0.2) is 0 Å². The zero-order valence-electron chi connectivity index (χ0n) is 18.4. The molecule has 184 valence electrons. The number of H-pyrrole nitrogens is 1. The zero-order valence-corrected chi connectivity index (χ0v) is 22.3. The first kappa shape index (κ1) is 26.8. The molecule has 2 heterocycles. The fraction of sp³-hybridized carbons (Fsp3) is 0.333. The lowest BCUT2D eigenvalue weighted by molar-refractivity contribution is 0.454. The van der Waals surface area contributed by atoms with Crippen molar-refractivity contribution in [3.8, 4) is 0 Å². The Bertz CT molecular complexity index is 1180. The molecule has 13 heteroatoms. The summed E-state index contributed by atoms with van der Waals surface area (Å²) in [5.74, 6) is 2.75. The van der Waals surface area contributed by atoms with E-state index in [1.165, 1.54) is 41.6 Å². The maximum Gasteiger partial charge on any atom is 0.255 e. The molecule has 8 nitrogen and oxygen atoms in total. The van der Waals surface area contributed by atoms with Crippen molar-refractivity contribution in [2.24, 2.45) is 0 Å². The van der Waals surface area contributed by atoms with Crippen molar-refractivity contribution in [1.82, 2.24) is 25.6 Å². The largest absolute Gasteiger partial charge is 0.440 e. The Morgan fingerprint density at radius 2 is 2.00 bits per heavy atom. The van der Waals surface area contributed by atoms with Crippen LogP contribution >= 0.6 is 46.7 Å². The molecule has 0 spiro atoms.